The van der Waals surface area contributed by atoms with Gasteiger partial charge in [-0.1, -0.05) is 23.7 Å². The number of halogens is 5. The molecule has 0 aromatic heterocycles. The number of nitrogens with zero attached hydrogens (tertiary/aromatic N) is 1. The molecule has 1 unspecified atom stereocenters. The summed E-state index contributed by atoms with van der Waals surface area (Å²) in [4.78, 5) is 13.2. The second kappa shape index (κ2) is 6.18. The number of rotatable bonds is 3. The Balaban J connectivity index is 1.84. The van der Waals surface area contributed by atoms with Crippen LogP contribution in [0.15, 0.2) is 36.4 Å². The van der Waals surface area contributed by atoms with Crippen LogP contribution < -0.4 is 0 Å². The Kier molecular flexibility index (Phi) is 4.36. The van der Waals surface area contributed by atoms with Gasteiger partial charge in [0.25, 0.3) is 0 Å². The third kappa shape index (κ3) is 3.16. The van der Waals surface area contributed by atoms with Gasteiger partial charge in [0.05, 0.1) is 11.6 Å². The highest BCUT2D eigenvalue weighted by molar-refractivity contribution is 6.31. The lowest BCUT2D eigenvalue weighted by molar-refractivity contribution is -0.137. The van der Waals surface area contributed by atoms with Crippen LogP contribution in [0.3, 0.4) is 0 Å². The zero-order valence-electron chi connectivity index (χ0n) is 12.3. The third-order valence-corrected chi connectivity index (χ3v) is 4.35. The van der Waals surface area contributed by atoms with Gasteiger partial charge in [-0.25, -0.2) is 4.39 Å². The first kappa shape index (κ1) is 16.9. The lowest BCUT2D eigenvalue weighted by Gasteiger charge is -2.21. The standard InChI is InChI=1S/C17H12ClF4NO/c18-14-6-13(19)5-11-8-23(15(9-24)16(11)14)7-10-1-3-12(4-2-10)17(20,21)22/h1-6,9,15H,7-8H2. The van der Waals surface area contributed by atoms with Crippen LogP contribution in [0.2, 0.25) is 5.02 Å². The second-order valence-electron chi connectivity index (χ2n) is 5.64. The van der Waals surface area contributed by atoms with E-state index in [1.54, 1.807) is 4.90 Å². The Hall–Kier alpha value is -1.92. The van der Waals surface area contributed by atoms with Gasteiger partial charge >= 0.3 is 6.18 Å². The molecule has 0 radical (unpaired) electrons. The van der Waals surface area contributed by atoms with Crippen LogP contribution in [0, 0.1) is 5.82 Å². The van der Waals surface area contributed by atoms with E-state index in [0.29, 0.717) is 29.5 Å². The minimum absolute atomic E-state index is 0.178. The lowest BCUT2D eigenvalue weighted by atomic mass is 10.1. The smallest absolute Gasteiger partial charge is 0.301 e. The van der Waals surface area contributed by atoms with Crippen molar-refractivity contribution in [1.29, 1.82) is 0 Å². The van der Waals surface area contributed by atoms with Crippen molar-refractivity contribution in [1.82, 2.24) is 4.90 Å². The highest BCUT2D eigenvalue weighted by Crippen LogP contribution is 2.39. The van der Waals surface area contributed by atoms with Crippen molar-refractivity contribution in [2.75, 3.05) is 0 Å². The van der Waals surface area contributed by atoms with E-state index in [9.17, 15) is 22.4 Å². The van der Waals surface area contributed by atoms with Gasteiger partial charge in [-0.05, 0) is 41.0 Å². The summed E-state index contributed by atoms with van der Waals surface area (Å²) in [6, 6.07) is 6.58. The van der Waals surface area contributed by atoms with E-state index in [4.69, 9.17) is 11.6 Å². The molecule has 1 heterocycles. The van der Waals surface area contributed by atoms with E-state index in [1.807, 2.05) is 0 Å². The van der Waals surface area contributed by atoms with E-state index in [-0.39, 0.29) is 11.6 Å². The molecule has 1 aliphatic heterocycles. The summed E-state index contributed by atoms with van der Waals surface area (Å²) >= 11 is 6.04. The highest BCUT2D eigenvalue weighted by Gasteiger charge is 2.33. The molecule has 1 atom stereocenters. The molecule has 0 aliphatic carbocycles. The van der Waals surface area contributed by atoms with Crippen molar-refractivity contribution in [3.05, 3.63) is 69.5 Å². The van der Waals surface area contributed by atoms with E-state index < -0.39 is 23.6 Å². The van der Waals surface area contributed by atoms with E-state index in [0.717, 1.165) is 18.2 Å². The molecule has 126 valence electrons. The monoisotopic (exact) mass is 357 g/mol. The fourth-order valence-electron chi connectivity index (χ4n) is 2.94. The number of hydrogen-bond acceptors (Lipinski definition) is 2. The number of hydrogen-bond donors (Lipinski definition) is 0. The van der Waals surface area contributed by atoms with Crippen LogP contribution in [0.5, 0.6) is 0 Å². The first-order chi connectivity index (χ1) is 11.3. The second-order valence-corrected chi connectivity index (χ2v) is 6.05. The molecule has 0 fully saturated rings. The molecule has 1 aliphatic rings. The maximum atomic E-state index is 13.5. The van der Waals surface area contributed by atoms with Gasteiger partial charge in [-0.2, -0.15) is 13.2 Å². The Morgan fingerprint density at radius 1 is 1.21 bits per heavy atom. The lowest BCUT2D eigenvalue weighted by Crippen LogP contribution is -2.22. The Morgan fingerprint density at radius 3 is 2.46 bits per heavy atom. The number of carbonyl (C=O) groups is 1. The van der Waals surface area contributed by atoms with Crippen molar-refractivity contribution in [3.63, 3.8) is 0 Å². The number of alkyl halides is 3. The van der Waals surface area contributed by atoms with Crippen LogP contribution >= 0.6 is 11.6 Å². The van der Waals surface area contributed by atoms with Crippen molar-refractivity contribution < 1.29 is 22.4 Å². The molecule has 0 amide bonds. The fraction of sp³-hybridized carbons (Fsp3) is 0.235. The molecule has 0 saturated heterocycles. The first-order valence-electron chi connectivity index (χ1n) is 7.13. The largest absolute Gasteiger partial charge is 0.416 e. The molecular weight excluding hydrogens is 346 g/mol. The fourth-order valence-corrected chi connectivity index (χ4v) is 3.28. The Bertz CT molecular complexity index is 773. The Labute approximate surface area is 140 Å². The zero-order valence-corrected chi connectivity index (χ0v) is 13.0. The number of benzene rings is 2. The molecular formula is C17H12ClF4NO. The topological polar surface area (TPSA) is 20.3 Å². The number of fused-ring (bicyclic) bond motifs is 1. The predicted molar refractivity (Wildman–Crippen MR) is 80.9 cm³/mol. The van der Waals surface area contributed by atoms with Gasteiger partial charge < -0.3 is 4.79 Å². The van der Waals surface area contributed by atoms with Gasteiger partial charge in [-0.3, -0.25) is 4.90 Å². The van der Waals surface area contributed by atoms with Crippen molar-refractivity contribution in [3.8, 4) is 0 Å². The minimum atomic E-state index is -4.39. The van der Waals surface area contributed by atoms with Gasteiger partial charge in [0.15, 0.2) is 0 Å². The van der Waals surface area contributed by atoms with E-state index >= 15 is 0 Å². The molecule has 3 rings (SSSR count). The van der Waals surface area contributed by atoms with Crippen LogP contribution in [0.1, 0.15) is 28.3 Å². The van der Waals surface area contributed by atoms with Crippen LogP contribution in [0.4, 0.5) is 17.6 Å². The number of carbonyl (C=O) groups excluding carboxylic acids is 1. The van der Waals surface area contributed by atoms with Gasteiger partial charge in [0, 0.05) is 18.1 Å². The first-order valence-corrected chi connectivity index (χ1v) is 7.50. The molecule has 2 nitrogen and oxygen atoms in total. The van der Waals surface area contributed by atoms with Crippen molar-refractivity contribution >= 4 is 17.9 Å². The number of aldehydes is 1. The quantitative estimate of drug-likeness (QED) is 0.583. The average Bonchev–Trinajstić information content (AvgIpc) is 2.84. The normalized spacial score (nSPS) is 17.8. The Morgan fingerprint density at radius 2 is 1.88 bits per heavy atom. The molecule has 0 saturated carbocycles. The average molecular weight is 358 g/mol. The van der Waals surface area contributed by atoms with Crippen molar-refractivity contribution in [2.45, 2.75) is 25.3 Å². The molecule has 2 aromatic carbocycles. The van der Waals surface area contributed by atoms with Crippen LogP contribution in [-0.4, -0.2) is 11.2 Å². The van der Waals surface area contributed by atoms with Crippen LogP contribution in [0.25, 0.3) is 0 Å². The summed E-state index contributed by atoms with van der Waals surface area (Å²) in [7, 11) is 0. The van der Waals surface area contributed by atoms with Crippen LogP contribution in [-0.2, 0) is 24.1 Å². The highest BCUT2D eigenvalue weighted by atomic mass is 35.5. The third-order valence-electron chi connectivity index (χ3n) is 4.04. The summed E-state index contributed by atoms with van der Waals surface area (Å²) in [6.07, 6.45) is -3.68. The van der Waals surface area contributed by atoms with Gasteiger partial charge in [-0.15, -0.1) is 0 Å². The van der Waals surface area contributed by atoms with Gasteiger partial charge in [0.2, 0.25) is 0 Å². The molecule has 0 N–H and O–H groups in total. The van der Waals surface area contributed by atoms with E-state index in [2.05, 4.69) is 0 Å². The summed E-state index contributed by atoms with van der Waals surface area (Å²) in [5.41, 5.74) is 1.07. The molecule has 0 spiro atoms. The maximum Gasteiger partial charge on any atom is 0.416 e. The van der Waals surface area contributed by atoms with Gasteiger partial charge in [0.1, 0.15) is 12.1 Å². The SMILES string of the molecule is O=CC1c2c(Cl)cc(F)cc2CN1Cc1ccc(C(F)(F)F)cc1. The molecule has 7 heteroatoms. The summed E-state index contributed by atoms with van der Waals surface area (Å²) < 4.78 is 51.3. The summed E-state index contributed by atoms with van der Waals surface area (Å²) in [5.74, 6) is -0.486. The molecule has 2 aromatic rings. The van der Waals surface area contributed by atoms with E-state index in [1.165, 1.54) is 18.2 Å². The molecule has 0 bridgehead atoms. The summed E-state index contributed by atoms with van der Waals surface area (Å²) in [5, 5.41) is 0.178. The zero-order chi connectivity index (χ0) is 17.5. The predicted octanol–water partition coefficient (Wildman–Crippen LogP) is 4.75. The maximum absolute atomic E-state index is 13.5. The minimum Gasteiger partial charge on any atom is -0.301 e. The van der Waals surface area contributed by atoms with Crippen molar-refractivity contribution in [2.24, 2.45) is 0 Å². The summed E-state index contributed by atoms with van der Waals surface area (Å²) in [6.45, 7) is 0.561. The molecule has 24 heavy (non-hydrogen) atoms.